The van der Waals surface area contributed by atoms with E-state index in [2.05, 4.69) is 23.4 Å². The van der Waals surface area contributed by atoms with Crippen molar-refractivity contribution in [2.75, 3.05) is 5.75 Å². The standard InChI is InChI=1S/C11H18N2OS/c1-3-6-13-7-5-12-10(13)11(14)4-8-15-9(11)2/h5,7,9,14H,3-4,6,8H2,1-2H3. The largest absolute Gasteiger partial charge is 0.381 e. The van der Waals surface area contributed by atoms with Crippen LogP contribution >= 0.6 is 11.8 Å². The number of thioether (sulfide) groups is 1. The second kappa shape index (κ2) is 4.18. The fourth-order valence-electron chi connectivity index (χ4n) is 2.14. The molecule has 2 heterocycles. The number of aliphatic hydroxyl groups is 1. The molecule has 15 heavy (non-hydrogen) atoms. The first-order valence-electron chi connectivity index (χ1n) is 5.54. The van der Waals surface area contributed by atoms with E-state index in [4.69, 9.17) is 0 Å². The molecule has 2 unspecified atom stereocenters. The number of imidazole rings is 1. The van der Waals surface area contributed by atoms with Gasteiger partial charge >= 0.3 is 0 Å². The summed E-state index contributed by atoms with van der Waals surface area (Å²) in [6.45, 7) is 5.16. The first kappa shape index (κ1) is 11.0. The molecule has 0 radical (unpaired) electrons. The quantitative estimate of drug-likeness (QED) is 0.856. The number of rotatable bonds is 3. The van der Waals surface area contributed by atoms with Gasteiger partial charge in [0.1, 0.15) is 11.4 Å². The third-order valence-corrected chi connectivity index (χ3v) is 4.42. The van der Waals surface area contributed by atoms with E-state index in [1.807, 2.05) is 18.0 Å². The fraction of sp³-hybridized carbons (Fsp3) is 0.727. The average Bonchev–Trinajstić information content (AvgIpc) is 2.77. The Morgan fingerprint density at radius 2 is 2.53 bits per heavy atom. The SMILES string of the molecule is CCCn1ccnc1C1(O)CCSC1C. The Morgan fingerprint density at radius 3 is 3.13 bits per heavy atom. The van der Waals surface area contributed by atoms with Gasteiger partial charge in [-0.05, 0) is 18.6 Å². The Morgan fingerprint density at radius 1 is 1.73 bits per heavy atom. The van der Waals surface area contributed by atoms with Crippen molar-refractivity contribution in [2.45, 2.75) is 44.1 Å². The van der Waals surface area contributed by atoms with Gasteiger partial charge in [-0.1, -0.05) is 13.8 Å². The number of nitrogens with zero attached hydrogens (tertiary/aromatic N) is 2. The zero-order valence-corrected chi connectivity index (χ0v) is 10.1. The first-order chi connectivity index (χ1) is 7.18. The monoisotopic (exact) mass is 226 g/mol. The van der Waals surface area contributed by atoms with Crippen molar-refractivity contribution >= 4 is 11.8 Å². The zero-order chi connectivity index (χ0) is 10.9. The summed E-state index contributed by atoms with van der Waals surface area (Å²) >= 11 is 1.83. The van der Waals surface area contributed by atoms with Crippen LogP contribution in [0.3, 0.4) is 0 Å². The number of hydrogen-bond donors (Lipinski definition) is 1. The summed E-state index contributed by atoms with van der Waals surface area (Å²) in [5, 5.41) is 10.9. The molecule has 2 atom stereocenters. The summed E-state index contributed by atoms with van der Waals surface area (Å²) in [5.41, 5.74) is -0.719. The van der Waals surface area contributed by atoms with Crippen LogP contribution < -0.4 is 0 Å². The van der Waals surface area contributed by atoms with E-state index in [-0.39, 0.29) is 5.25 Å². The Labute approximate surface area is 94.9 Å². The molecule has 84 valence electrons. The van der Waals surface area contributed by atoms with Crippen molar-refractivity contribution in [3.8, 4) is 0 Å². The molecule has 2 rings (SSSR count). The predicted octanol–water partition coefficient (Wildman–Crippen LogP) is 2.01. The lowest BCUT2D eigenvalue weighted by Gasteiger charge is -2.26. The molecule has 1 N–H and O–H groups in total. The summed E-state index contributed by atoms with van der Waals surface area (Å²) in [6, 6.07) is 0. The number of aryl methyl sites for hydroxylation is 1. The van der Waals surface area contributed by atoms with Crippen molar-refractivity contribution in [3.63, 3.8) is 0 Å². The van der Waals surface area contributed by atoms with E-state index in [1.54, 1.807) is 6.20 Å². The third kappa shape index (κ3) is 1.81. The van der Waals surface area contributed by atoms with Crippen LogP contribution in [0.25, 0.3) is 0 Å². The van der Waals surface area contributed by atoms with Gasteiger partial charge < -0.3 is 9.67 Å². The summed E-state index contributed by atoms with van der Waals surface area (Å²) in [7, 11) is 0. The highest BCUT2D eigenvalue weighted by atomic mass is 32.2. The smallest absolute Gasteiger partial charge is 0.141 e. The highest BCUT2D eigenvalue weighted by Crippen LogP contribution is 2.42. The van der Waals surface area contributed by atoms with Gasteiger partial charge in [-0.2, -0.15) is 11.8 Å². The minimum absolute atomic E-state index is 0.246. The highest BCUT2D eigenvalue weighted by molar-refractivity contribution is 8.00. The minimum Gasteiger partial charge on any atom is -0.381 e. The molecule has 0 amide bonds. The lowest BCUT2D eigenvalue weighted by atomic mass is 9.96. The van der Waals surface area contributed by atoms with Gasteiger partial charge in [-0.3, -0.25) is 0 Å². The van der Waals surface area contributed by atoms with Crippen LogP contribution in [0.4, 0.5) is 0 Å². The van der Waals surface area contributed by atoms with Crippen molar-refractivity contribution in [1.82, 2.24) is 9.55 Å². The van der Waals surface area contributed by atoms with Gasteiger partial charge in [0.15, 0.2) is 0 Å². The van der Waals surface area contributed by atoms with Gasteiger partial charge in [-0.15, -0.1) is 0 Å². The molecule has 1 aliphatic heterocycles. The molecule has 0 spiro atoms. The van der Waals surface area contributed by atoms with Gasteiger partial charge in [0.05, 0.1) is 0 Å². The summed E-state index contributed by atoms with van der Waals surface area (Å²) in [5.74, 6) is 1.87. The van der Waals surface area contributed by atoms with Gasteiger partial charge in [-0.25, -0.2) is 4.98 Å². The Bertz CT molecular complexity index is 339. The molecule has 0 aromatic carbocycles. The van der Waals surface area contributed by atoms with E-state index < -0.39 is 5.60 Å². The molecule has 0 aliphatic carbocycles. The number of hydrogen-bond acceptors (Lipinski definition) is 3. The first-order valence-corrected chi connectivity index (χ1v) is 6.59. The Balaban J connectivity index is 2.31. The van der Waals surface area contributed by atoms with Crippen LogP contribution in [0.15, 0.2) is 12.4 Å². The second-order valence-corrected chi connectivity index (χ2v) is 5.58. The average molecular weight is 226 g/mol. The summed E-state index contributed by atoms with van der Waals surface area (Å²) < 4.78 is 2.09. The van der Waals surface area contributed by atoms with Crippen LogP contribution in [-0.2, 0) is 12.1 Å². The molecule has 0 bridgehead atoms. The normalized spacial score (nSPS) is 31.0. The summed E-state index contributed by atoms with van der Waals surface area (Å²) in [4.78, 5) is 4.34. The minimum atomic E-state index is -0.719. The molecule has 4 heteroatoms. The second-order valence-electron chi connectivity index (χ2n) is 4.13. The van der Waals surface area contributed by atoms with Crippen molar-refractivity contribution in [2.24, 2.45) is 0 Å². The molecule has 1 aromatic rings. The van der Waals surface area contributed by atoms with Crippen LogP contribution in [0.2, 0.25) is 0 Å². The van der Waals surface area contributed by atoms with Crippen molar-refractivity contribution in [1.29, 1.82) is 0 Å². The van der Waals surface area contributed by atoms with Crippen molar-refractivity contribution in [3.05, 3.63) is 18.2 Å². The van der Waals surface area contributed by atoms with Gasteiger partial charge in [0, 0.05) is 24.2 Å². The van der Waals surface area contributed by atoms with Crippen LogP contribution in [0, 0.1) is 0 Å². The predicted molar refractivity (Wildman–Crippen MR) is 63.0 cm³/mol. The van der Waals surface area contributed by atoms with E-state index in [9.17, 15) is 5.11 Å². The van der Waals surface area contributed by atoms with E-state index in [0.717, 1.165) is 31.0 Å². The Kier molecular flexibility index (Phi) is 3.07. The molecule has 3 nitrogen and oxygen atoms in total. The lowest BCUT2D eigenvalue weighted by Crippen LogP contribution is -2.34. The molecule has 1 saturated heterocycles. The molecule has 1 aromatic heterocycles. The maximum absolute atomic E-state index is 10.6. The maximum atomic E-state index is 10.6. The summed E-state index contributed by atoms with van der Waals surface area (Å²) in [6.07, 6.45) is 5.64. The molecule has 1 fully saturated rings. The molecule has 0 saturated carbocycles. The number of aromatic nitrogens is 2. The van der Waals surface area contributed by atoms with E-state index >= 15 is 0 Å². The Hall–Kier alpha value is -0.480. The van der Waals surface area contributed by atoms with Crippen LogP contribution in [-0.4, -0.2) is 25.7 Å². The van der Waals surface area contributed by atoms with Gasteiger partial charge in [0.2, 0.25) is 0 Å². The highest BCUT2D eigenvalue weighted by Gasteiger charge is 2.43. The fourth-order valence-corrected chi connectivity index (χ4v) is 3.42. The zero-order valence-electron chi connectivity index (χ0n) is 9.31. The third-order valence-electron chi connectivity index (χ3n) is 3.09. The molecule has 1 aliphatic rings. The van der Waals surface area contributed by atoms with E-state index in [1.165, 1.54) is 0 Å². The van der Waals surface area contributed by atoms with E-state index in [0.29, 0.717) is 0 Å². The molecular formula is C11H18N2OS. The van der Waals surface area contributed by atoms with Crippen LogP contribution in [0.5, 0.6) is 0 Å². The van der Waals surface area contributed by atoms with Gasteiger partial charge in [0.25, 0.3) is 0 Å². The van der Waals surface area contributed by atoms with Crippen LogP contribution in [0.1, 0.15) is 32.5 Å². The topological polar surface area (TPSA) is 38.0 Å². The molecular weight excluding hydrogens is 208 g/mol. The maximum Gasteiger partial charge on any atom is 0.141 e. The van der Waals surface area contributed by atoms with Crippen molar-refractivity contribution < 1.29 is 5.11 Å². The lowest BCUT2D eigenvalue weighted by molar-refractivity contribution is 0.0298.